The van der Waals surface area contributed by atoms with Gasteiger partial charge in [0.15, 0.2) is 0 Å². The normalized spacial score (nSPS) is 12.8. The van der Waals surface area contributed by atoms with Crippen molar-refractivity contribution in [3.05, 3.63) is 22.7 Å². The van der Waals surface area contributed by atoms with Crippen LogP contribution in [-0.4, -0.2) is 20.8 Å². The highest BCUT2D eigenvalue weighted by atomic mass is 16.3. The number of aliphatic hydroxyl groups is 1. The van der Waals surface area contributed by atoms with Crippen LogP contribution >= 0.6 is 0 Å². The Hall–Kier alpha value is -1.36. The fourth-order valence-corrected chi connectivity index (χ4v) is 0.866. The first-order valence-corrected chi connectivity index (χ1v) is 3.60. The second-order valence-electron chi connectivity index (χ2n) is 2.64. The third-order valence-corrected chi connectivity index (χ3v) is 1.36. The topological polar surface area (TPSA) is 81.1 Å². The van der Waals surface area contributed by atoms with Gasteiger partial charge in [0.2, 0.25) is 0 Å². The Labute approximate surface area is 69.5 Å². The van der Waals surface area contributed by atoms with E-state index in [4.69, 9.17) is 10.8 Å². The van der Waals surface area contributed by atoms with Crippen LogP contribution < -0.4 is 11.4 Å². The minimum Gasteiger partial charge on any atom is -0.392 e. The fourth-order valence-electron chi connectivity index (χ4n) is 0.866. The van der Waals surface area contributed by atoms with Gasteiger partial charge >= 0.3 is 5.69 Å². The molecule has 1 aromatic rings. The number of nitrogen functional groups attached to an aromatic ring is 1. The van der Waals surface area contributed by atoms with Gasteiger partial charge in [-0.25, -0.2) is 4.79 Å². The minimum atomic E-state index is -0.562. The van der Waals surface area contributed by atoms with Crippen molar-refractivity contribution < 1.29 is 5.11 Å². The fraction of sp³-hybridized carbons (Fsp3) is 0.429. The minimum absolute atomic E-state index is 0.196. The second-order valence-corrected chi connectivity index (χ2v) is 2.64. The average Bonchev–Trinajstić information content (AvgIpc) is 1.94. The lowest BCUT2D eigenvalue weighted by Crippen LogP contribution is -2.27. The summed E-state index contributed by atoms with van der Waals surface area (Å²) in [5.41, 5.74) is 4.84. The molecule has 1 atom stereocenters. The number of aliphatic hydroxyl groups excluding tert-OH is 1. The number of nitrogens with zero attached hydrogens (tertiary/aromatic N) is 2. The van der Waals surface area contributed by atoms with Gasteiger partial charge in [-0.1, -0.05) is 0 Å². The van der Waals surface area contributed by atoms with Gasteiger partial charge in [0.1, 0.15) is 5.82 Å². The maximum Gasteiger partial charge on any atom is 0.349 e. The van der Waals surface area contributed by atoms with E-state index in [1.165, 1.54) is 16.8 Å². The Morgan fingerprint density at radius 3 is 3.00 bits per heavy atom. The predicted molar refractivity (Wildman–Crippen MR) is 44.6 cm³/mol. The molecule has 0 spiro atoms. The van der Waals surface area contributed by atoms with Crippen LogP contribution in [0.25, 0.3) is 0 Å². The smallest absolute Gasteiger partial charge is 0.349 e. The average molecular weight is 169 g/mol. The first kappa shape index (κ1) is 8.73. The summed E-state index contributed by atoms with van der Waals surface area (Å²) >= 11 is 0. The van der Waals surface area contributed by atoms with Gasteiger partial charge in [0, 0.05) is 6.20 Å². The molecule has 0 aliphatic carbocycles. The van der Waals surface area contributed by atoms with Crippen molar-refractivity contribution in [2.45, 2.75) is 19.6 Å². The number of anilines is 1. The van der Waals surface area contributed by atoms with E-state index in [1.807, 2.05) is 0 Å². The number of rotatable bonds is 2. The van der Waals surface area contributed by atoms with Crippen molar-refractivity contribution in [3.8, 4) is 0 Å². The molecule has 5 heteroatoms. The van der Waals surface area contributed by atoms with Crippen LogP contribution in [0.15, 0.2) is 17.1 Å². The van der Waals surface area contributed by atoms with Gasteiger partial charge in [0.05, 0.1) is 12.6 Å². The van der Waals surface area contributed by atoms with Crippen LogP contribution in [0.3, 0.4) is 0 Å². The summed E-state index contributed by atoms with van der Waals surface area (Å²) in [7, 11) is 0. The van der Waals surface area contributed by atoms with Crippen LogP contribution in [0.4, 0.5) is 5.82 Å². The highest BCUT2D eigenvalue weighted by molar-refractivity contribution is 5.23. The van der Waals surface area contributed by atoms with E-state index in [0.717, 1.165) is 0 Å². The lowest BCUT2D eigenvalue weighted by molar-refractivity contribution is 0.171. The molecule has 0 saturated carbocycles. The van der Waals surface area contributed by atoms with Crippen LogP contribution in [-0.2, 0) is 6.54 Å². The molecule has 0 aliphatic heterocycles. The molecule has 0 fully saturated rings. The Morgan fingerprint density at radius 1 is 1.83 bits per heavy atom. The van der Waals surface area contributed by atoms with Gasteiger partial charge in [-0.05, 0) is 13.0 Å². The summed E-state index contributed by atoms with van der Waals surface area (Å²) in [5.74, 6) is 0.196. The SMILES string of the molecule is C[C@@H](O)Cn1ccc(N)nc1=O. The van der Waals surface area contributed by atoms with E-state index in [1.54, 1.807) is 6.92 Å². The summed E-state index contributed by atoms with van der Waals surface area (Å²) in [6.07, 6.45) is 0.949. The Morgan fingerprint density at radius 2 is 2.50 bits per heavy atom. The lowest BCUT2D eigenvalue weighted by atomic mass is 10.4. The molecule has 66 valence electrons. The van der Waals surface area contributed by atoms with E-state index in [0.29, 0.717) is 0 Å². The van der Waals surface area contributed by atoms with Crippen LogP contribution in [0.2, 0.25) is 0 Å². The number of hydrogen-bond acceptors (Lipinski definition) is 4. The van der Waals surface area contributed by atoms with Gasteiger partial charge in [-0.2, -0.15) is 4.98 Å². The molecule has 1 aromatic heterocycles. The van der Waals surface area contributed by atoms with Crippen LogP contribution in [0, 0.1) is 0 Å². The Balaban J connectivity index is 2.94. The lowest BCUT2D eigenvalue weighted by Gasteiger charge is -2.06. The van der Waals surface area contributed by atoms with Crippen LogP contribution in [0.1, 0.15) is 6.92 Å². The zero-order chi connectivity index (χ0) is 9.14. The molecule has 0 amide bonds. The van der Waals surface area contributed by atoms with Crippen molar-refractivity contribution in [3.63, 3.8) is 0 Å². The Kier molecular flexibility index (Phi) is 2.44. The van der Waals surface area contributed by atoms with Crippen molar-refractivity contribution in [2.24, 2.45) is 0 Å². The van der Waals surface area contributed by atoms with Crippen molar-refractivity contribution in [2.75, 3.05) is 5.73 Å². The first-order chi connectivity index (χ1) is 5.59. The molecule has 12 heavy (non-hydrogen) atoms. The zero-order valence-corrected chi connectivity index (χ0v) is 6.77. The second kappa shape index (κ2) is 3.36. The molecule has 0 aliphatic rings. The maximum atomic E-state index is 11.0. The molecule has 3 N–H and O–H groups in total. The van der Waals surface area contributed by atoms with Crippen molar-refractivity contribution in [1.29, 1.82) is 0 Å². The summed E-state index contributed by atoms with van der Waals surface area (Å²) in [5, 5.41) is 8.98. The molecule has 1 heterocycles. The summed E-state index contributed by atoms with van der Waals surface area (Å²) < 4.78 is 1.31. The molecule has 0 bridgehead atoms. The van der Waals surface area contributed by atoms with E-state index in [-0.39, 0.29) is 12.4 Å². The summed E-state index contributed by atoms with van der Waals surface area (Å²) in [6.45, 7) is 1.84. The highest BCUT2D eigenvalue weighted by Gasteiger charge is 2.00. The van der Waals surface area contributed by atoms with E-state index < -0.39 is 11.8 Å². The molecule has 0 radical (unpaired) electrons. The zero-order valence-electron chi connectivity index (χ0n) is 6.77. The van der Waals surface area contributed by atoms with Crippen molar-refractivity contribution in [1.82, 2.24) is 9.55 Å². The van der Waals surface area contributed by atoms with Gasteiger partial charge in [-0.3, -0.25) is 4.57 Å². The molecule has 0 unspecified atom stereocenters. The molecular weight excluding hydrogens is 158 g/mol. The Bertz CT molecular complexity index is 319. The number of hydrogen-bond donors (Lipinski definition) is 2. The quantitative estimate of drug-likeness (QED) is 0.607. The first-order valence-electron chi connectivity index (χ1n) is 3.60. The monoisotopic (exact) mass is 169 g/mol. The van der Waals surface area contributed by atoms with Crippen LogP contribution in [0.5, 0.6) is 0 Å². The molecule has 5 nitrogen and oxygen atoms in total. The predicted octanol–water partition coefficient (Wildman–Crippen LogP) is -0.794. The molecule has 1 rings (SSSR count). The van der Waals surface area contributed by atoms with Crippen molar-refractivity contribution >= 4 is 5.82 Å². The molecule has 0 aromatic carbocycles. The molecular formula is C7H11N3O2. The summed E-state index contributed by atoms with van der Waals surface area (Å²) in [4.78, 5) is 14.5. The number of aromatic nitrogens is 2. The largest absolute Gasteiger partial charge is 0.392 e. The van der Waals surface area contributed by atoms with E-state index in [9.17, 15) is 4.79 Å². The van der Waals surface area contributed by atoms with Gasteiger partial charge in [0.25, 0.3) is 0 Å². The van der Waals surface area contributed by atoms with Gasteiger partial charge in [-0.15, -0.1) is 0 Å². The third kappa shape index (κ3) is 2.06. The maximum absolute atomic E-state index is 11.0. The van der Waals surface area contributed by atoms with E-state index in [2.05, 4.69) is 4.98 Å². The standard InChI is InChI=1S/C7H11N3O2/c1-5(11)4-10-3-2-6(8)9-7(10)12/h2-3,5,11H,4H2,1H3,(H2,8,9,12)/t5-/m1/s1. The molecule has 0 saturated heterocycles. The summed E-state index contributed by atoms with van der Waals surface area (Å²) in [6, 6.07) is 1.52. The highest BCUT2D eigenvalue weighted by Crippen LogP contribution is 1.91. The van der Waals surface area contributed by atoms with Gasteiger partial charge < -0.3 is 10.8 Å². The van der Waals surface area contributed by atoms with E-state index >= 15 is 0 Å². The number of nitrogens with two attached hydrogens (primary N) is 1. The third-order valence-electron chi connectivity index (χ3n) is 1.36.